The van der Waals surface area contributed by atoms with Gasteiger partial charge in [-0.1, -0.05) is 13.8 Å². The van der Waals surface area contributed by atoms with Crippen molar-refractivity contribution in [1.29, 1.82) is 0 Å². The Morgan fingerprint density at radius 1 is 1.00 bits per heavy atom. The number of ether oxygens (including phenoxy) is 1. The number of hydrogen-bond donors (Lipinski definition) is 5. The summed E-state index contributed by atoms with van der Waals surface area (Å²) in [6, 6.07) is 6.05. The number of nitrogens with zero attached hydrogens (tertiary/aromatic N) is 1. The van der Waals surface area contributed by atoms with E-state index in [1.165, 1.54) is 0 Å². The smallest absolute Gasteiger partial charge is 0.138 e. The minimum atomic E-state index is 0.163. The molecule has 0 fully saturated rings. The van der Waals surface area contributed by atoms with Crippen LogP contribution >= 0.6 is 0 Å². The summed E-state index contributed by atoms with van der Waals surface area (Å²) < 4.78 is 6.24. The van der Waals surface area contributed by atoms with Gasteiger partial charge >= 0.3 is 0 Å². The van der Waals surface area contributed by atoms with Gasteiger partial charge in [0.2, 0.25) is 0 Å². The van der Waals surface area contributed by atoms with Gasteiger partial charge < -0.3 is 31.7 Å². The zero-order valence-corrected chi connectivity index (χ0v) is 17.9. The molecule has 1 aromatic carbocycles. The highest BCUT2D eigenvalue weighted by Gasteiger charge is 2.17. The predicted octanol–water partition coefficient (Wildman–Crippen LogP) is 4.28. The molecule has 0 unspecified atom stereocenters. The van der Waals surface area contributed by atoms with Gasteiger partial charge in [-0.05, 0) is 31.9 Å². The lowest BCUT2D eigenvalue weighted by Crippen LogP contribution is -2.17. The molecule has 1 aromatic heterocycles. The standard InChI is InChI=1S/C21H34N6O/c1-7-15(8-2)28-19-9-13(3)26-21(16(19)12-22)27-20-17(24-5)10-14(23-4)11-18(20)25-6/h9-11,15,23-25H,7-8,12,22H2,1-6H3,(H,26,27). The fourth-order valence-corrected chi connectivity index (χ4v) is 3.14. The van der Waals surface area contributed by atoms with Crippen LogP contribution in [-0.4, -0.2) is 32.2 Å². The second-order valence-corrected chi connectivity index (χ2v) is 6.67. The fourth-order valence-electron chi connectivity index (χ4n) is 3.14. The number of anilines is 5. The van der Waals surface area contributed by atoms with E-state index in [9.17, 15) is 0 Å². The van der Waals surface area contributed by atoms with Crippen LogP contribution in [0, 0.1) is 6.92 Å². The van der Waals surface area contributed by atoms with Crippen LogP contribution in [0.4, 0.5) is 28.6 Å². The highest BCUT2D eigenvalue weighted by Crippen LogP contribution is 2.38. The molecule has 0 amide bonds. The van der Waals surface area contributed by atoms with E-state index in [-0.39, 0.29) is 6.10 Å². The molecular formula is C21H34N6O. The van der Waals surface area contributed by atoms with Crippen LogP contribution in [0.2, 0.25) is 0 Å². The molecule has 0 radical (unpaired) electrons. The van der Waals surface area contributed by atoms with Gasteiger partial charge in [-0.2, -0.15) is 0 Å². The topological polar surface area (TPSA) is 96.3 Å². The van der Waals surface area contributed by atoms with Gasteiger partial charge in [-0.25, -0.2) is 4.98 Å². The van der Waals surface area contributed by atoms with Crippen LogP contribution in [0.15, 0.2) is 18.2 Å². The second-order valence-electron chi connectivity index (χ2n) is 6.67. The number of aryl methyl sites for hydroxylation is 1. The third-order valence-corrected chi connectivity index (χ3v) is 4.83. The first-order valence-electron chi connectivity index (χ1n) is 9.86. The van der Waals surface area contributed by atoms with E-state index in [1.807, 2.05) is 46.3 Å². The van der Waals surface area contributed by atoms with E-state index in [2.05, 4.69) is 35.1 Å². The Kier molecular flexibility index (Phi) is 7.75. The number of aromatic nitrogens is 1. The molecule has 7 heteroatoms. The maximum Gasteiger partial charge on any atom is 0.138 e. The summed E-state index contributed by atoms with van der Waals surface area (Å²) in [6.45, 7) is 6.56. The summed E-state index contributed by atoms with van der Waals surface area (Å²) in [4.78, 5) is 4.71. The molecule has 0 atom stereocenters. The van der Waals surface area contributed by atoms with Gasteiger partial charge in [-0.3, -0.25) is 0 Å². The van der Waals surface area contributed by atoms with Gasteiger partial charge in [0, 0.05) is 45.1 Å². The first-order chi connectivity index (χ1) is 13.5. The van der Waals surface area contributed by atoms with Crippen molar-refractivity contribution in [2.45, 2.75) is 46.3 Å². The van der Waals surface area contributed by atoms with E-state index in [0.717, 1.165) is 52.6 Å². The number of nitrogens with one attached hydrogen (secondary N) is 4. The van der Waals surface area contributed by atoms with Crippen LogP contribution < -0.4 is 31.7 Å². The number of benzene rings is 1. The maximum atomic E-state index is 6.24. The van der Waals surface area contributed by atoms with Crippen molar-refractivity contribution in [2.75, 3.05) is 42.4 Å². The first-order valence-corrected chi connectivity index (χ1v) is 9.86. The van der Waals surface area contributed by atoms with Crippen LogP contribution in [0.25, 0.3) is 0 Å². The molecule has 7 nitrogen and oxygen atoms in total. The molecule has 0 saturated carbocycles. The van der Waals surface area contributed by atoms with E-state index in [0.29, 0.717) is 12.4 Å². The molecule has 2 rings (SSSR count). The van der Waals surface area contributed by atoms with Gasteiger partial charge in [0.15, 0.2) is 0 Å². The lowest BCUT2D eigenvalue weighted by molar-refractivity contribution is 0.191. The minimum absolute atomic E-state index is 0.163. The van der Waals surface area contributed by atoms with E-state index < -0.39 is 0 Å². The lowest BCUT2D eigenvalue weighted by Gasteiger charge is -2.22. The van der Waals surface area contributed by atoms with Crippen molar-refractivity contribution in [3.63, 3.8) is 0 Å². The van der Waals surface area contributed by atoms with Crippen molar-refractivity contribution in [3.8, 4) is 5.75 Å². The summed E-state index contributed by atoms with van der Waals surface area (Å²) in [5, 5.41) is 13.2. The molecule has 0 saturated heterocycles. The average molecular weight is 387 g/mol. The molecular weight excluding hydrogens is 352 g/mol. The Morgan fingerprint density at radius 3 is 2.07 bits per heavy atom. The SMILES string of the molecule is CCC(CC)Oc1cc(C)nc(Nc2c(NC)cc(NC)cc2NC)c1CN. The maximum absolute atomic E-state index is 6.24. The molecule has 1 heterocycles. The number of rotatable bonds is 10. The molecule has 0 spiro atoms. The van der Waals surface area contributed by atoms with Gasteiger partial charge in [0.05, 0.1) is 28.7 Å². The van der Waals surface area contributed by atoms with Gasteiger partial charge in [-0.15, -0.1) is 0 Å². The summed E-state index contributed by atoms with van der Waals surface area (Å²) >= 11 is 0. The molecule has 0 bridgehead atoms. The molecule has 0 aliphatic heterocycles. The Bertz CT molecular complexity index is 764. The zero-order valence-electron chi connectivity index (χ0n) is 17.9. The molecule has 2 aromatic rings. The molecule has 28 heavy (non-hydrogen) atoms. The summed E-state index contributed by atoms with van der Waals surface area (Å²) in [5.41, 5.74) is 11.7. The lowest BCUT2D eigenvalue weighted by atomic mass is 10.1. The summed E-state index contributed by atoms with van der Waals surface area (Å²) in [5.74, 6) is 1.52. The summed E-state index contributed by atoms with van der Waals surface area (Å²) in [6.07, 6.45) is 2.06. The summed E-state index contributed by atoms with van der Waals surface area (Å²) in [7, 11) is 5.69. The Labute approximate surface area is 168 Å². The Balaban J connectivity index is 2.53. The number of hydrogen-bond acceptors (Lipinski definition) is 7. The van der Waals surface area contributed by atoms with Crippen molar-refractivity contribution in [1.82, 2.24) is 4.98 Å². The second kappa shape index (κ2) is 10.0. The third kappa shape index (κ3) is 4.78. The van der Waals surface area contributed by atoms with E-state index >= 15 is 0 Å². The first kappa shape index (κ1) is 21.6. The predicted molar refractivity (Wildman–Crippen MR) is 120 cm³/mol. The molecule has 154 valence electrons. The largest absolute Gasteiger partial charge is 0.490 e. The van der Waals surface area contributed by atoms with E-state index in [1.54, 1.807) is 0 Å². The van der Waals surface area contributed by atoms with Crippen LogP contribution in [0.5, 0.6) is 5.75 Å². The highest BCUT2D eigenvalue weighted by molar-refractivity contribution is 5.89. The van der Waals surface area contributed by atoms with Crippen molar-refractivity contribution >= 4 is 28.6 Å². The van der Waals surface area contributed by atoms with Gasteiger partial charge in [0.1, 0.15) is 11.6 Å². The molecule has 6 N–H and O–H groups in total. The van der Waals surface area contributed by atoms with Crippen molar-refractivity contribution in [3.05, 3.63) is 29.5 Å². The Morgan fingerprint density at radius 2 is 1.61 bits per heavy atom. The van der Waals surface area contributed by atoms with Crippen LogP contribution in [0.3, 0.4) is 0 Å². The van der Waals surface area contributed by atoms with Crippen molar-refractivity contribution < 1.29 is 4.74 Å². The molecule has 0 aliphatic carbocycles. The molecule has 0 aliphatic rings. The highest BCUT2D eigenvalue weighted by atomic mass is 16.5. The zero-order chi connectivity index (χ0) is 20.7. The fraction of sp³-hybridized carbons (Fsp3) is 0.476. The van der Waals surface area contributed by atoms with Crippen molar-refractivity contribution in [2.24, 2.45) is 5.73 Å². The minimum Gasteiger partial charge on any atom is -0.490 e. The number of nitrogens with two attached hydrogens (primary N) is 1. The van der Waals surface area contributed by atoms with Crippen LogP contribution in [0.1, 0.15) is 37.9 Å². The third-order valence-electron chi connectivity index (χ3n) is 4.83. The van der Waals surface area contributed by atoms with E-state index in [4.69, 9.17) is 15.5 Å². The monoisotopic (exact) mass is 386 g/mol. The van der Waals surface area contributed by atoms with Gasteiger partial charge in [0.25, 0.3) is 0 Å². The number of pyridine rings is 1. The average Bonchev–Trinajstić information content (AvgIpc) is 2.71. The van der Waals surface area contributed by atoms with Crippen LogP contribution in [-0.2, 0) is 6.54 Å². The quantitative estimate of drug-likeness (QED) is 0.416. The normalized spacial score (nSPS) is 10.7. The Hall–Kier alpha value is -2.67.